The van der Waals surface area contributed by atoms with Gasteiger partial charge in [-0.3, -0.25) is 0 Å². The van der Waals surface area contributed by atoms with Crippen LogP contribution in [0.2, 0.25) is 0 Å². The molecule has 2 N–H and O–H groups in total. The molecule has 1 aliphatic carbocycles. The molecule has 0 atom stereocenters. The molecule has 0 radical (unpaired) electrons. The normalized spacial score (nSPS) is 22.1. The molecule has 1 rings (SSSR count). The lowest BCUT2D eigenvalue weighted by atomic mass is 10.3. The molecular formula is C7H9N. The van der Waals surface area contributed by atoms with Crippen LogP contribution in [0.15, 0.2) is 35.6 Å². The van der Waals surface area contributed by atoms with Crippen LogP contribution in [0.3, 0.4) is 0 Å². The summed E-state index contributed by atoms with van der Waals surface area (Å²) in [7, 11) is 0. The quantitative estimate of drug-likeness (QED) is 0.496. The summed E-state index contributed by atoms with van der Waals surface area (Å²) in [6.07, 6.45) is 7.68. The first-order valence-corrected chi connectivity index (χ1v) is 2.61. The Labute approximate surface area is 49.2 Å². The van der Waals surface area contributed by atoms with Gasteiger partial charge in [-0.2, -0.15) is 0 Å². The molecule has 0 unspecified atom stereocenters. The zero-order valence-electron chi connectivity index (χ0n) is 4.89. The summed E-state index contributed by atoms with van der Waals surface area (Å²) in [5.74, 6) is 0. The molecule has 0 spiro atoms. The van der Waals surface area contributed by atoms with Gasteiger partial charge in [0, 0.05) is 6.20 Å². The SMILES string of the molecule is CC1=C/C(=C/N)C=C1. The van der Waals surface area contributed by atoms with E-state index in [1.807, 2.05) is 25.2 Å². The molecule has 42 valence electrons. The molecule has 8 heavy (non-hydrogen) atoms. The van der Waals surface area contributed by atoms with Crippen LogP contribution in [0.5, 0.6) is 0 Å². The van der Waals surface area contributed by atoms with Crippen molar-refractivity contribution in [1.29, 1.82) is 0 Å². The Morgan fingerprint density at radius 2 is 2.25 bits per heavy atom. The lowest BCUT2D eigenvalue weighted by Crippen LogP contribution is -1.78. The summed E-state index contributed by atoms with van der Waals surface area (Å²) in [6.45, 7) is 2.05. The van der Waals surface area contributed by atoms with Gasteiger partial charge >= 0.3 is 0 Å². The molecule has 0 fully saturated rings. The minimum Gasteiger partial charge on any atom is -0.404 e. The Morgan fingerprint density at radius 3 is 2.50 bits per heavy atom. The number of rotatable bonds is 0. The van der Waals surface area contributed by atoms with Crippen LogP contribution in [0.4, 0.5) is 0 Å². The van der Waals surface area contributed by atoms with Gasteiger partial charge in [-0.1, -0.05) is 23.8 Å². The van der Waals surface area contributed by atoms with Gasteiger partial charge in [0.25, 0.3) is 0 Å². The van der Waals surface area contributed by atoms with Gasteiger partial charge < -0.3 is 5.73 Å². The predicted molar refractivity (Wildman–Crippen MR) is 35.2 cm³/mol. The molecule has 0 heterocycles. The lowest BCUT2D eigenvalue weighted by molar-refractivity contribution is 1.52. The van der Waals surface area contributed by atoms with E-state index in [2.05, 4.69) is 0 Å². The van der Waals surface area contributed by atoms with E-state index in [0.29, 0.717) is 0 Å². The van der Waals surface area contributed by atoms with Crippen LogP contribution in [-0.2, 0) is 0 Å². The molecule has 0 aromatic heterocycles. The van der Waals surface area contributed by atoms with Crippen molar-refractivity contribution < 1.29 is 0 Å². The van der Waals surface area contributed by atoms with E-state index in [-0.39, 0.29) is 0 Å². The van der Waals surface area contributed by atoms with Gasteiger partial charge in [0.2, 0.25) is 0 Å². The molecule has 0 saturated heterocycles. The van der Waals surface area contributed by atoms with Crippen LogP contribution in [-0.4, -0.2) is 0 Å². The third kappa shape index (κ3) is 0.808. The fraction of sp³-hybridized carbons (Fsp3) is 0.143. The standard InChI is InChI=1S/C7H9N/c1-6-2-3-7(4-6)5-8/h2-5H,8H2,1H3/b7-5+. The van der Waals surface area contributed by atoms with E-state index in [4.69, 9.17) is 5.73 Å². The first kappa shape index (κ1) is 5.16. The van der Waals surface area contributed by atoms with E-state index >= 15 is 0 Å². The van der Waals surface area contributed by atoms with Crippen molar-refractivity contribution >= 4 is 0 Å². The fourth-order valence-corrected chi connectivity index (χ4v) is 0.690. The van der Waals surface area contributed by atoms with Crippen LogP contribution < -0.4 is 5.73 Å². The largest absolute Gasteiger partial charge is 0.404 e. The Kier molecular flexibility index (Phi) is 1.20. The van der Waals surface area contributed by atoms with E-state index in [1.165, 1.54) is 5.57 Å². The van der Waals surface area contributed by atoms with Gasteiger partial charge in [-0.05, 0) is 12.5 Å². The van der Waals surface area contributed by atoms with Crippen LogP contribution in [0.25, 0.3) is 0 Å². The third-order valence-electron chi connectivity index (χ3n) is 1.13. The number of allylic oxidation sites excluding steroid dienone is 5. The lowest BCUT2D eigenvalue weighted by Gasteiger charge is -1.80. The minimum absolute atomic E-state index is 1.10. The van der Waals surface area contributed by atoms with Crippen molar-refractivity contribution in [2.45, 2.75) is 6.92 Å². The van der Waals surface area contributed by atoms with Crippen molar-refractivity contribution in [3.8, 4) is 0 Å². The molecule has 1 nitrogen and oxygen atoms in total. The Bertz CT molecular complexity index is 173. The van der Waals surface area contributed by atoms with Crippen LogP contribution in [0.1, 0.15) is 6.92 Å². The van der Waals surface area contributed by atoms with Crippen molar-refractivity contribution in [2.24, 2.45) is 5.73 Å². The van der Waals surface area contributed by atoms with Gasteiger partial charge in [-0.25, -0.2) is 0 Å². The smallest absolute Gasteiger partial charge is 0.00116 e. The van der Waals surface area contributed by atoms with Gasteiger partial charge in [0.15, 0.2) is 0 Å². The minimum atomic E-state index is 1.10. The number of hydrogen-bond acceptors (Lipinski definition) is 1. The second kappa shape index (κ2) is 1.86. The third-order valence-corrected chi connectivity index (χ3v) is 1.13. The Balaban J connectivity index is 2.84. The maximum atomic E-state index is 5.24. The van der Waals surface area contributed by atoms with E-state index in [1.54, 1.807) is 6.20 Å². The van der Waals surface area contributed by atoms with Crippen LogP contribution in [0, 0.1) is 0 Å². The number of nitrogens with two attached hydrogens (primary N) is 1. The topological polar surface area (TPSA) is 26.0 Å². The average Bonchev–Trinajstić information content (AvgIpc) is 2.14. The first-order valence-electron chi connectivity index (χ1n) is 2.61. The highest BCUT2D eigenvalue weighted by atomic mass is 14.5. The molecule has 0 amide bonds. The maximum absolute atomic E-state index is 5.24. The highest BCUT2D eigenvalue weighted by Crippen LogP contribution is 2.11. The Morgan fingerprint density at radius 1 is 1.50 bits per heavy atom. The zero-order chi connectivity index (χ0) is 5.98. The first-order chi connectivity index (χ1) is 3.83. The van der Waals surface area contributed by atoms with E-state index in [9.17, 15) is 0 Å². The maximum Gasteiger partial charge on any atom is 0.00116 e. The van der Waals surface area contributed by atoms with Crippen molar-refractivity contribution in [1.82, 2.24) is 0 Å². The van der Waals surface area contributed by atoms with Crippen molar-refractivity contribution in [3.63, 3.8) is 0 Å². The van der Waals surface area contributed by atoms with E-state index < -0.39 is 0 Å². The summed E-state index contributed by atoms with van der Waals surface area (Å²) >= 11 is 0. The van der Waals surface area contributed by atoms with Gasteiger partial charge in [-0.15, -0.1) is 0 Å². The van der Waals surface area contributed by atoms with E-state index in [0.717, 1.165) is 5.57 Å². The number of hydrogen-bond donors (Lipinski definition) is 1. The van der Waals surface area contributed by atoms with Gasteiger partial charge in [0.05, 0.1) is 0 Å². The average molecular weight is 107 g/mol. The highest BCUT2D eigenvalue weighted by molar-refractivity contribution is 5.44. The zero-order valence-corrected chi connectivity index (χ0v) is 4.89. The summed E-state index contributed by atoms with van der Waals surface area (Å²) in [5.41, 5.74) is 7.60. The summed E-state index contributed by atoms with van der Waals surface area (Å²) < 4.78 is 0. The summed E-state index contributed by atoms with van der Waals surface area (Å²) in [6, 6.07) is 0. The Hall–Kier alpha value is -0.980. The summed E-state index contributed by atoms with van der Waals surface area (Å²) in [4.78, 5) is 0. The molecule has 0 aliphatic heterocycles. The highest BCUT2D eigenvalue weighted by Gasteiger charge is 1.93. The second-order valence-corrected chi connectivity index (χ2v) is 1.89. The molecule has 0 bridgehead atoms. The molecule has 0 aromatic carbocycles. The molecule has 0 aromatic rings. The fourth-order valence-electron chi connectivity index (χ4n) is 0.690. The molecule has 1 heteroatoms. The van der Waals surface area contributed by atoms with Crippen LogP contribution >= 0.6 is 0 Å². The molecule has 1 aliphatic rings. The van der Waals surface area contributed by atoms with Crippen molar-refractivity contribution in [2.75, 3.05) is 0 Å². The summed E-state index contributed by atoms with van der Waals surface area (Å²) in [5, 5.41) is 0. The molecular weight excluding hydrogens is 98.1 g/mol. The second-order valence-electron chi connectivity index (χ2n) is 1.89. The predicted octanol–water partition coefficient (Wildman–Crippen LogP) is 1.35. The molecule has 0 saturated carbocycles. The van der Waals surface area contributed by atoms with Crippen molar-refractivity contribution in [3.05, 3.63) is 35.6 Å². The van der Waals surface area contributed by atoms with Gasteiger partial charge in [0.1, 0.15) is 0 Å². The monoisotopic (exact) mass is 107 g/mol.